The van der Waals surface area contributed by atoms with Crippen molar-refractivity contribution in [3.05, 3.63) is 127 Å². The number of rotatable bonds is 0. The SMILES string of the molecule is C(#CC#C[C]1[CH][CH][CH][CH]1)C#C[C]1[CH][CH][CH][CH]1.[CH]1[CH][CH][CH][CH]1.[CH]1[CH][CH][CH][CH]1.[Fe].[Fe]. The summed E-state index contributed by atoms with van der Waals surface area (Å²) in [6.07, 6.45) is 35.6. The first-order valence-electron chi connectivity index (χ1n) is 8.24. The molecule has 0 nitrogen and oxygen atoms in total. The van der Waals surface area contributed by atoms with Crippen molar-refractivity contribution in [2.75, 3.05) is 0 Å². The van der Waals surface area contributed by atoms with Crippen molar-refractivity contribution in [1.82, 2.24) is 0 Å². The summed E-state index contributed by atoms with van der Waals surface area (Å²) in [5.74, 6) is 18.7. The summed E-state index contributed by atoms with van der Waals surface area (Å²) in [7, 11) is 0. The zero-order chi connectivity index (χ0) is 18.1. The van der Waals surface area contributed by atoms with Crippen LogP contribution in [0.2, 0.25) is 0 Å². The van der Waals surface area contributed by atoms with E-state index in [9.17, 15) is 0 Å². The molecule has 138 valence electrons. The Morgan fingerprint density at radius 1 is 0.321 bits per heavy atom. The van der Waals surface area contributed by atoms with Crippen molar-refractivity contribution in [3.63, 3.8) is 0 Å². The molecule has 4 fully saturated rings. The smallest absolute Gasteiger partial charge is 0.0564 e. The fourth-order valence-electron chi connectivity index (χ4n) is 1.83. The van der Waals surface area contributed by atoms with Crippen LogP contribution in [0, 0.1) is 163 Å². The molecule has 0 aliphatic heterocycles. The maximum absolute atomic E-state index is 2.93. The van der Waals surface area contributed by atoms with Crippen LogP contribution in [0.4, 0.5) is 0 Å². The number of hydrogen-bond donors (Lipinski definition) is 0. The molecule has 0 unspecified atom stereocenters. The minimum atomic E-state index is 0. The van der Waals surface area contributed by atoms with Gasteiger partial charge in [0.05, 0.1) is 11.8 Å². The normalized spacial score (nSPS) is 20.1. The Bertz CT molecular complexity index is 463. The Morgan fingerprint density at radius 3 is 0.821 bits per heavy atom. The van der Waals surface area contributed by atoms with Gasteiger partial charge in [-0.15, -0.1) is 0 Å². The van der Waals surface area contributed by atoms with Crippen LogP contribution in [-0.2, 0) is 34.1 Å². The summed E-state index contributed by atoms with van der Waals surface area (Å²) < 4.78 is 0. The van der Waals surface area contributed by atoms with E-state index in [1.54, 1.807) is 0 Å². The monoisotopic (exact) mass is 442 g/mol. The molecule has 0 atom stereocenters. The molecule has 0 saturated heterocycles. The van der Waals surface area contributed by atoms with Gasteiger partial charge in [0.25, 0.3) is 0 Å². The first kappa shape index (κ1) is 27.7. The van der Waals surface area contributed by atoms with E-state index in [4.69, 9.17) is 0 Å². The topological polar surface area (TPSA) is 0 Å². The van der Waals surface area contributed by atoms with E-state index in [1.165, 1.54) is 0 Å². The van der Waals surface area contributed by atoms with Gasteiger partial charge in [-0.3, -0.25) is 0 Å². The van der Waals surface area contributed by atoms with Crippen molar-refractivity contribution in [2.24, 2.45) is 0 Å². The van der Waals surface area contributed by atoms with E-state index in [0.29, 0.717) is 0 Å². The zero-order valence-electron chi connectivity index (χ0n) is 15.1. The Kier molecular flexibility index (Phi) is 19.8. The van der Waals surface area contributed by atoms with E-state index in [2.05, 4.69) is 35.5 Å². The summed E-state index contributed by atoms with van der Waals surface area (Å²) in [5, 5.41) is 0. The molecule has 0 spiro atoms. The molecule has 0 bridgehead atoms. The second-order valence-electron chi connectivity index (χ2n) is 5.02. The quantitative estimate of drug-likeness (QED) is 0.395. The first-order chi connectivity index (χ1) is 12.9. The molecule has 0 aromatic carbocycles. The molecule has 4 saturated carbocycles. The Labute approximate surface area is 196 Å². The van der Waals surface area contributed by atoms with Crippen LogP contribution in [0.3, 0.4) is 0 Å². The van der Waals surface area contributed by atoms with E-state index >= 15 is 0 Å². The van der Waals surface area contributed by atoms with Crippen LogP contribution >= 0.6 is 0 Å². The minimum Gasteiger partial charge on any atom is -0.0800 e. The van der Waals surface area contributed by atoms with Crippen molar-refractivity contribution in [1.29, 1.82) is 0 Å². The summed E-state index contributed by atoms with van der Waals surface area (Å²) in [6, 6.07) is 0. The third kappa shape index (κ3) is 14.7. The molecule has 0 amide bonds. The summed E-state index contributed by atoms with van der Waals surface area (Å²) in [5.41, 5.74) is 0. The fraction of sp³-hybridized carbons (Fsp3) is 0. The maximum Gasteiger partial charge on any atom is 0.0564 e. The number of hydrogen-bond acceptors (Lipinski definition) is 0. The molecular weight excluding hydrogens is 424 g/mol. The van der Waals surface area contributed by atoms with E-state index in [-0.39, 0.29) is 34.1 Å². The molecule has 2 heteroatoms. The average molecular weight is 442 g/mol. The van der Waals surface area contributed by atoms with Gasteiger partial charge in [-0.05, 0) is 139 Å². The van der Waals surface area contributed by atoms with Crippen LogP contribution in [0.1, 0.15) is 0 Å². The summed E-state index contributed by atoms with van der Waals surface area (Å²) in [6.45, 7) is 0. The van der Waals surface area contributed by atoms with Gasteiger partial charge in [0, 0.05) is 34.1 Å². The summed E-state index contributed by atoms with van der Waals surface area (Å²) >= 11 is 0. The van der Waals surface area contributed by atoms with E-state index < -0.39 is 0 Å². The molecule has 20 radical (unpaired) electrons. The molecule has 0 aromatic heterocycles. The largest absolute Gasteiger partial charge is 0.0800 e. The molecule has 4 aliphatic carbocycles. The average Bonchev–Trinajstić information content (AvgIpc) is 3.48. The van der Waals surface area contributed by atoms with Gasteiger partial charge in [-0.2, -0.15) is 0 Å². The van der Waals surface area contributed by atoms with E-state index in [0.717, 1.165) is 11.8 Å². The first-order valence-corrected chi connectivity index (χ1v) is 8.24. The van der Waals surface area contributed by atoms with Gasteiger partial charge in [0.1, 0.15) is 0 Å². The van der Waals surface area contributed by atoms with Gasteiger partial charge >= 0.3 is 0 Å². The third-order valence-corrected chi connectivity index (χ3v) is 3.04. The molecule has 28 heavy (non-hydrogen) atoms. The predicted octanol–water partition coefficient (Wildman–Crippen LogP) is 3.85. The second-order valence-corrected chi connectivity index (χ2v) is 5.02. The van der Waals surface area contributed by atoms with Crippen LogP contribution in [-0.4, -0.2) is 0 Å². The van der Waals surface area contributed by atoms with E-state index in [1.807, 2.05) is 116 Å². The van der Waals surface area contributed by atoms with Gasteiger partial charge in [-0.1, -0.05) is 11.8 Å². The molecule has 0 N–H and O–H groups in total. The predicted molar refractivity (Wildman–Crippen MR) is 107 cm³/mol. The Morgan fingerprint density at radius 2 is 0.571 bits per heavy atom. The van der Waals surface area contributed by atoms with Crippen molar-refractivity contribution >= 4 is 0 Å². The van der Waals surface area contributed by atoms with Crippen LogP contribution < -0.4 is 0 Å². The molecule has 0 heterocycles. The minimum absolute atomic E-state index is 0. The molecule has 0 aromatic rings. The summed E-state index contributed by atoms with van der Waals surface area (Å²) in [4.78, 5) is 0. The molecule has 4 aliphatic rings. The maximum atomic E-state index is 2.93. The van der Waals surface area contributed by atoms with Crippen LogP contribution in [0.5, 0.6) is 0 Å². The zero-order valence-corrected chi connectivity index (χ0v) is 17.3. The second kappa shape index (κ2) is 20.0. The van der Waals surface area contributed by atoms with Crippen molar-refractivity contribution in [2.45, 2.75) is 0 Å². The standard InChI is InChI=1S/C16H8.2C5H5.2Fe/c1(3-9-15-11-5-6-12-15)2-4-10-16-13-7-8-14-16;2*1-2-4-5-3-1;;/h5-8,11-14H;2*1-5H;;. The van der Waals surface area contributed by atoms with Gasteiger partial charge < -0.3 is 0 Å². The van der Waals surface area contributed by atoms with Crippen molar-refractivity contribution < 1.29 is 34.1 Å². The Balaban J connectivity index is 0.000000500. The van der Waals surface area contributed by atoms with Crippen molar-refractivity contribution in [3.8, 4) is 35.5 Å². The van der Waals surface area contributed by atoms with Crippen LogP contribution in [0.15, 0.2) is 0 Å². The third-order valence-electron chi connectivity index (χ3n) is 3.04. The molecular formula is C26H18Fe2. The van der Waals surface area contributed by atoms with Crippen LogP contribution in [0.25, 0.3) is 0 Å². The fourth-order valence-corrected chi connectivity index (χ4v) is 1.83. The molecule has 4 rings (SSSR count). The Hall–Kier alpha value is -0.281. The van der Waals surface area contributed by atoms with Gasteiger partial charge in [0.15, 0.2) is 0 Å². The van der Waals surface area contributed by atoms with Gasteiger partial charge in [-0.25, -0.2) is 0 Å². The van der Waals surface area contributed by atoms with Gasteiger partial charge in [0.2, 0.25) is 0 Å².